The number of amides is 1. The molecule has 1 atom stereocenters. The molecule has 2 aliphatic heterocycles. The number of methoxy groups -OCH3 is 1. The minimum absolute atomic E-state index is 0.0732. The zero-order valence-electron chi connectivity index (χ0n) is 24.7. The van der Waals surface area contributed by atoms with Gasteiger partial charge in [-0.25, -0.2) is 8.78 Å². The number of carbonyl (C=O) groups excluding carboxylic acids is 2. The number of nitrogens with one attached hydrogen (secondary N) is 1. The lowest BCUT2D eigenvalue weighted by Crippen LogP contribution is -2.52. The number of Topliss-reactive ketones (excluding diaryl/α,β-unsaturated/α-hetero) is 1. The second-order valence-electron chi connectivity index (χ2n) is 12.2. The van der Waals surface area contributed by atoms with Gasteiger partial charge >= 0.3 is 0 Å². The summed E-state index contributed by atoms with van der Waals surface area (Å²) in [4.78, 5) is 33.6. The van der Waals surface area contributed by atoms with E-state index in [1.807, 2.05) is 72.2 Å². The Kier molecular flexibility index (Phi) is 7.58. The third-order valence-corrected chi connectivity index (χ3v) is 8.64. The molecule has 1 N–H and O–H groups in total. The fourth-order valence-electron chi connectivity index (χ4n) is 6.53. The summed E-state index contributed by atoms with van der Waals surface area (Å²) in [5, 5.41) is 3.47. The number of anilines is 3. The van der Waals surface area contributed by atoms with Crippen LogP contribution in [0.5, 0.6) is 5.75 Å². The molecule has 0 saturated carbocycles. The molecule has 0 bridgehead atoms. The average molecular weight is 587 g/mol. The normalized spacial score (nSPS) is 19.8. The topological polar surface area (TPSA) is 65.1 Å². The van der Waals surface area contributed by atoms with Crippen LogP contribution in [0, 0.1) is 17.0 Å². The van der Waals surface area contributed by atoms with E-state index in [1.165, 1.54) is 12.1 Å². The van der Waals surface area contributed by atoms with E-state index in [2.05, 4.69) is 10.2 Å². The molecular weight excluding hydrogens is 550 g/mol. The van der Waals surface area contributed by atoms with Crippen LogP contribution in [0.1, 0.15) is 38.3 Å². The highest BCUT2D eigenvalue weighted by molar-refractivity contribution is 6.02. The third kappa shape index (κ3) is 5.68. The largest absolute Gasteiger partial charge is 0.497 e. The molecule has 9 heteroatoms. The molecule has 2 heterocycles. The van der Waals surface area contributed by atoms with Gasteiger partial charge in [0.15, 0.2) is 5.78 Å². The molecule has 1 aliphatic carbocycles. The summed E-state index contributed by atoms with van der Waals surface area (Å²) in [6.45, 7) is 6.37. The van der Waals surface area contributed by atoms with Gasteiger partial charge < -0.3 is 24.8 Å². The van der Waals surface area contributed by atoms with Crippen molar-refractivity contribution in [3.8, 4) is 5.75 Å². The van der Waals surface area contributed by atoms with Gasteiger partial charge in [0.2, 0.25) is 5.91 Å². The van der Waals surface area contributed by atoms with Crippen LogP contribution in [0.25, 0.3) is 0 Å². The van der Waals surface area contributed by atoms with Crippen LogP contribution in [-0.2, 0) is 9.59 Å². The number of hydrogen-bond acceptors (Lipinski definition) is 6. The van der Waals surface area contributed by atoms with Crippen molar-refractivity contribution in [3.05, 3.63) is 95.2 Å². The van der Waals surface area contributed by atoms with Crippen LogP contribution in [0.15, 0.2) is 78.0 Å². The maximum absolute atomic E-state index is 15.6. The highest BCUT2D eigenvalue weighted by Crippen LogP contribution is 2.48. The minimum Gasteiger partial charge on any atom is -0.497 e. The molecule has 3 aliphatic rings. The van der Waals surface area contributed by atoms with Crippen molar-refractivity contribution >= 4 is 28.8 Å². The number of hydrogen-bond donors (Lipinski definition) is 1. The molecule has 1 fully saturated rings. The summed E-state index contributed by atoms with van der Waals surface area (Å²) in [6.07, 6.45) is 0.870. The lowest BCUT2D eigenvalue weighted by Gasteiger charge is -2.40. The van der Waals surface area contributed by atoms with Gasteiger partial charge in [0.1, 0.15) is 17.4 Å². The number of allylic oxidation sites excluding steroid dienone is 1. The van der Waals surface area contributed by atoms with Crippen molar-refractivity contribution < 1.29 is 23.1 Å². The smallest absolute Gasteiger partial charge is 0.242 e. The number of benzene rings is 3. The molecular formula is C34H36F2N4O3. The molecule has 7 nitrogen and oxygen atoms in total. The SMILES string of the molecule is COc1ccc(N2CCN(C(=O)CN3c4ccccc4NC4=C(C(=O)CC(C)(C)C4)C3c3ccc(F)cc3F)CC2)cc1. The third-order valence-electron chi connectivity index (χ3n) is 8.64. The van der Waals surface area contributed by atoms with Gasteiger partial charge in [-0.1, -0.05) is 32.0 Å². The van der Waals surface area contributed by atoms with Crippen LogP contribution in [0.3, 0.4) is 0 Å². The molecule has 1 amide bonds. The summed E-state index contributed by atoms with van der Waals surface area (Å²) in [5.41, 5.74) is 3.49. The molecule has 43 heavy (non-hydrogen) atoms. The second kappa shape index (κ2) is 11.4. The van der Waals surface area contributed by atoms with Gasteiger partial charge in [0.25, 0.3) is 0 Å². The number of ketones is 1. The quantitative estimate of drug-likeness (QED) is 0.400. The molecule has 3 aromatic rings. The van der Waals surface area contributed by atoms with Crippen LogP contribution < -0.4 is 19.9 Å². The van der Waals surface area contributed by atoms with E-state index < -0.39 is 17.7 Å². The lowest BCUT2D eigenvalue weighted by molar-refractivity contribution is -0.130. The number of para-hydroxylation sites is 2. The number of ether oxygens (including phenoxy) is 1. The monoisotopic (exact) mass is 586 g/mol. The van der Waals surface area contributed by atoms with Gasteiger partial charge in [-0.15, -0.1) is 0 Å². The van der Waals surface area contributed by atoms with E-state index in [0.29, 0.717) is 49.6 Å². The fourth-order valence-corrected chi connectivity index (χ4v) is 6.53. The predicted octanol–water partition coefficient (Wildman–Crippen LogP) is 5.94. The number of rotatable bonds is 5. The van der Waals surface area contributed by atoms with Crippen molar-refractivity contribution in [3.63, 3.8) is 0 Å². The van der Waals surface area contributed by atoms with Crippen molar-refractivity contribution in [2.75, 3.05) is 55.0 Å². The first-order valence-electron chi connectivity index (χ1n) is 14.6. The highest BCUT2D eigenvalue weighted by Gasteiger charge is 2.43. The van der Waals surface area contributed by atoms with Crippen molar-refractivity contribution in [2.45, 2.75) is 32.7 Å². The Morgan fingerprint density at radius 3 is 2.40 bits per heavy atom. The number of fused-ring (bicyclic) bond motifs is 1. The maximum atomic E-state index is 15.6. The van der Waals surface area contributed by atoms with Gasteiger partial charge in [0.05, 0.1) is 31.1 Å². The van der Waals surface area contributed by atoms with E-state index in [1.54, 1.807) is 7.11 Å². The summed E-state index contributed by atoms with van der Waals surface area (Å²) in [6, 6.07) is 17.9. The van der Waals surface area contributed by atoms with Crippen molar-refractivity contribution in [2.24, 2.45) is 5.41 Å². The Hall–Kier alpha value is -4.40. The van der Waals surface area contributed by atoms with E-state index in [9.17, 15) is 14.0 Å². The van der Waals surface area contributed by atoms with E-state index in [0.717, 1.165) is 23.2 Å². The summed E-state index contributed by atoms with van der Waals surface area (Å²) in [7, 11) is 1.63. The molecule has 3 aromatic carbocycles. The summed E-state index contributed by atoms with van der Waals surface area (Å²) in [5.74, 6) is -0.888. The fraction of sp³-hybridized carbons (Fsp3) is 0.353. The van der Waals surface area contributed by atoms with E-state index >= 15 is 4.39 Å². The number of carbonyl (C=O) groups is 2. The molecule has 1 saturated heterocycles. The van der Waals surface area contributed by atoms with Gasteiger partial charge in [-0.2, -0.15) is 0 Å². The zero-order valence-corrected chi connectivity index (χ0v) is 24.7. The van der Waals surface area contributed by atoms with E-state index in [4.69, 9.17) is 4.74 Å². The molecule has 0 radical (unpaired) electrons. The standard InChI is InChI=1S/C34H36F2N4O3/c1-34(2)19-28-32(30(41)20-34)33(25-13-8-22(35)18-26(25)36)40(29-7-5-4-6-27(29)37-28)21-31(42)39-16-14-38(15-17-39)23-9-11-24(43-3)12-10-23/h4-13,18,33,37H,14-17,19-21H2,1-3H3. The van der Waals surface area contributed by atoms with E-state index in [-0.39, 0.29) is 35.6 Å². The first-order chi connectivity index (χ1) is 20.6. The average Bonchev–Trinajstić information content (AvgIpc) is 3.11. The van der Waals surface area contributed by atoms with Crippen LogP contribution in [-0.4, -0.2) is 56.4 Å². The molecule has 6 rings (SSSR count). The Labute approximate surface area is 250 Å². The number of nitrogens with zero attached hydrogens (tertiary/aromatic N) is 3. The van der Waals surface area contributed by atoms with Gasteiger partial charge in [-0.3, -0.25) is 9.59 Å². The molecule has 1 unspecified atom stereocenters. The molecule has 224 valence electrons. The Morgan fingerprint density at radius 1 is 0.977 bits per heavy atom. The van der Waals surface area contributed by atoms with Crippen molar-refractivity contribution in [1.82, 2.24) is 4.90 Å². The van der Waals surface area contributed by atoms with Gasteiger partial charge in [-0.05, 0) is 54.3 Å². The Balaban J connectivity index is 1.34. The van der Waals surface area contributed by atoms with Crippen LogP contribution in [0.2, 0.25) is 0 Å². The second-order valence-corrected chi connectivity index (χ2v) is 12.2. The minimum atomic E-state index is -0.903. The summed E-state index contributed by atoms with van der Waals surface area (Å²) < 4.78 is 34.9. The Morgan fingerprint density at radius 2 is 1.70 bits per heavy atom. The summed E-state index contributed by atoms with van der Waals surface area (Å²) >= 11 is 0. The van der Waals surface area contributed by atoms with Crippen LogP contribution >= 0.6 is 0 Å². The predicted molar refractivity (Wildman–Crippen MR) is 163 cm³/mol. The Bertz CT molecular complexity index is 1580. The highest BCUT2D eigenvalue weighted by atomic mass is 19.1. The zero-order chi connectivity index (χ0) is 30.3. The molecule has 0 spiro atoms. The van der Waals surface area contributed by atoms with Gasteiger partial charge in [0, 0.05) is 61.2 Å². The van der Waals surface area contributed by atoms with Crippen molar-refractivity contribution in [1.29, 1.82) is 0 Å². The lowest BCUT2D eigenvalue weighted by atomic mass is 9.73. The first-order valence-corrected chi connectivity index (χ1v) is 14.6. The first kappa shape index (κ1) is 28.7. The number of piperazine rings is 1. The maximum Gasteiger partial charge on any atom is 0.242 e. The van der Waals surface area contributed by atoms with Crippen LogP contribution in [0.4, 0.5) is 25.8 Å². The molecule has 0 aromatic heterocycles. The number of halogens is 2.